The molecule has 7 heteroatoms. The fourth-order valence-corrected chi connectivity index (χ4v) is 3.82. The van der Waals surface area contributed by atoms with Gasteiger partial charge in [-0.05, 0) is 25.3 Å². The largest absolute Gasteiger partial charge is 0.478 e. The third kappa shape index (κ3) is 3.42. The van der Waals surface area contributed by atoms with Crippen molar-refractivity contribution in [3.05, 3.63) is 17.0 Å². The number of carboxylic acids is 1. The highest BCUT2D eigenvalue weighted by Crippen LogP contribution is 2.30. The predicted octanol–water partition coefficient (Wildman–Crippen LogP) is 2.81. The number of nitrogens with one attached hydrogen (secondary N) is 1. The van der Waals surface area contributed by atoms with Crippen LogP contribution in [-0.4, -0.2) is 45.6 Å². The highest BCUT2D eigenvalue weighted by atomic mass is 32.2. The van der Waals surface area contributed by atoms with Crippen molar-refractivity contribution >= 4 is 40.1 Å². The molecule has 1 fully saturated rings. The molecule has 2 amide bonds. The SMILES string of the molecule is CC1(C)CN(C(=O)Nc2sccc2C(=O)O)CCS1. The maximum atomic E-state index is 12.1. The molecule has 2 heterocycles. The van der Waals surface area contributed by atoms with Gasteiger partial charge in [-0.1, -0.05) is 0 Å². The Morgan fingerprint density at radius 2 is 2.21 bits per heavy atom. The molecule has 5 nitrogen and oxygen atoms in total. The number of carbonyl (C=O) groups excluding carboxylic acids is 1. The van der Waals surface area contributed by atoms with Crippen molar-refractivity contribution in [2.45, 2.75) is 18.6 Å². The zero-order valence-corrected chi connectivity index (χ0v) is 12.4. The lowest BCUT2D eigenvalue weighted by Crippen LogP contribution is -2.47. The molecule has 0 atom stereocenters. The van der Waals surface area contributed by atoms with Gasteiger partial charge in [0.05, 0.1) is 5.56 Å². The van der Waals surface area contributed by atoms with E-state index in [0.29, 0.717) is 18.1 Å². The Morgan fingerprint density at radius 1 is 1.47 bits per heavy atom. The highest BCUT2D eigenvalue weighted by molar-refractivity contribution is 8.00. The molecule has 1 saturated heterocycles. The van der Waals surface area contributed by atoms with Gasteiger partial charge in [-0.2, -0.15) is 11.8 Å². The Hall–Kier alpha value is -1.21. The number of anilines is 1. The molecule has 2 N–H and O–H groups in total. The summed E-state index contributed by atoms with van der Waals surface area (Å²) in [5.74, 6) is -0.123. The molecule has 0 aromatic carbocycles. The van der Waals surface area contributed by atoms with Crippen LogP contribution in [0.4, 0.5) is 9.80 Å². The van der Waals surface area contributed by atoms with Gasteiger partial charge >= 0.3 is 12.0 Å². The number of hydrogen-bond acceptors (Lipinski definition) is 4. The van der Waals surface area contributed by atoms with E-state index >= 15 is 0 Å². The van der Waals surface area contributed by atoms with E-state index in [1.54, 1.807) is 10.3 Å². The molecule has 1 aliphatic rings. The van der Waals surface area contributed by atoms with Crippen molar-refractivity contribution in [1.82, 2.24) is 4.90 Å². The number of aromatic carboxylic acids is 1. The van der Waals surface area contributed by atoms with E-state index in [0.717, 1.165) is 5.75 Å². The molecule has 1 aliphatic heterocycles. The van der Waals surface area contributed by atoms with Crippen molar-refractivity contribution in [3.8, 4) is 0 Å². The van der Waals surface area contributed by atoms with Gasteiger partial charge < -0.3 is 10.0 Å². The maximum absolute atomic E-state index is 12.1. The first-order chi connectivity index (χ1) is 8.89. The standard InChI is InChI=1S/C12H16N2O3S2/c1-12(2)7-14(4-6-19-12)11(17)13-9-8(10(15)16)3-5-18-9/h3,5H,4,6-7H2,1-2H3,(H,13,17)(H,15,16). The average molecular weight is 300 g/mol. The van der Waals surface area contributed by atoms with E-state index in [4.69, 9.17) is 5.11 Å². The average Bonchev–Trinajstić information content (AvgIpc) is 2.75. The van der Waals surface area contributed by atoms with Gasteiger partial charge in [0, 0.05) is 23.6 Å². The second-order valence-electron chi connectivity index (χ2n) is 4.93. The van der Waals surface area contributed by atoms with Crippen molar-refractivity contribution < 1.29 is 14.7 Å². The fourth-order valence-electron chi connectivity index (χ4n) is 1.94. The van der Waals surface area contributed by atoms with E-state index in [9.17, 15) is 9.59 Å². The summed E-state index contributed by atoms with van der Waals surface area (Å²) >= 11 is 3.07. The molecule has 0 aliphatic carbocycles. The molecule has 104 valence electrons. The van der Waals surface area contributed by atoms with Crippen LogP contribution >= 0.6 is 23.1 Å². The summed E-state index contributed by atoms with van der Waals surface area (Å²) in [6.45, 7) is 5.56. The van der Waals surface area contributed by atoms with Gasteiger partial charge in [-0.15, -0.1) is 11.3 Å². The Morgan fingerprint density at radius 3 is 2.84 bits per heavy atom. The summed E-state index contributed by atoms with van der Waals surface area (Å²) in [4.78, 5) is 24.9. The Balaban J connectivity index is 2.05. The molecular formula is C12H16N2O3S2. The molecule has 1 aromatic rings. The number of amides is 2. The number of thiophene rings is 1. The first kappa shape index (κ1) is 14.2. The lowest BCUT2D eigenvalue weighted by molar-refractivity contribution is 0.0698. The van der Waals surface area contributed by atoms with Gasteiger partial charge in [-0.3, -0.25) is 5.32 Å². The van der Waals surface area contributed by atoms with Crippen LogP contribution in [0.25, 0.3) is 0 Å². The number of hydrogen-bond donors (Lipinski definition) is 2. The fraction of sp³-hybridized carbons (Fsp3) is 0.500. The second kappa shape index (κ2) is 5.42. The zero-order chi connectivity index (χ0) is 14.0. The van der Waals surface area contributed by atoms with Gasteiger partial charge in [-0.25, -0.2) is 9.59 Å². The molecule has 19 heavy (non-hydrogen) atoms. The van der Waals surface area contributed by atoms with Crippen molar-refractivity contribution in [1.29, 1.82) is 0 Å². The number of nitrogens with zero attached hydrogens (tertiary/aromatic N) is 1. The monoisotopic (exact) mass is 300 g/mol. The summed E-state index contributed by atoms with van der Waals surface area (Å²) in [5, 5.41) is 13.8. The first-order valence-electron chi connectivity index (χ1n) is 5.90. The smallest absolute Gasteiger partial charge is 0.338 e. The lowest BCUT2D eigenvalue weighted by atomic mass is 10.2. The third-order valence-corrected chi connectivity index (χ3v) is 4.96. The van der Waals surface area contributed by atoms with Crippen LogP contribution in [0.3, 0.4) is 0 Å². The van der Waals surface area contributed by atoms with Crippen LogP contribution in [0.15, 0.2) is 11.4 Å². The minimum absolute atomic E-state index is 0.0423. The Kier molecular flexibility index (Phi) is 4.05. The van der Waals surface area contributed by atoms with Crippen molar-refractivity contribution in [2.24, 2.45) is 0 Å². The minimum atomic E-state index is -1.02. The van der Waals surface area contributed by atoms with Gasteiger partial charge in [0.15, 0.2) is 0 Å². The normalized spacial score (nSPS) is 18.1. The molecule has 0 saturated carbocycles. The summed E-state index contributed by atoms with van der Waals surface area (Å²) in [6, 6.07) is 1.27. The van der Waals surface area contributed by atoms with Crippen LogP contribution in [0.1, 0.15) is 24.2 Å². The summed E-state index contributed by atoms with van der Waals surface area (Å²) < 4.78 is 0.0423. The Labute approximate surface area is 120 Å². The Bertz CT molecular complexity index is 499. The minimum Gasteiger partial charge on any atom is -0.478 e. The number of urea groups is 1. The first-order valence-corrected chi connectivity index (χ1v) is 7.76. The summed E-state index contributed by atoms with van der Waals surface area (Å²) in [6.07, 6.45) is 0. The number of rotatable bonds is 2. The number of carbonyl (C=O) groups is 2. The molecule has 1 aromatic heterocycles. The molecular weight excluding hydrogens is 284 g/mol. The van der Waals surface area contributed by atoms with Gasteiger partial charge in [0.25, 0.3) is 0 Å². The summed E-state index contributed by atoms with van der Waals surface area (Å²) in [7, 11) is 0. The van der Waals surface area contributed by atoms with Crippen LogP contribution in [0.5, 0.6) is 0 Å². The number of thioether (sulfide) groups is 1. The van der Waals surface area contributed by atoms with Crippen molar-refractivity contribution in [3.63, 3.8) is 0 Å². The van der Waals surface area contributed by atoms with E-state index < -0.39 is 5.97 Å². The van der Waals surface area contributed by atoms with Crippen LogP contribution in [0.2, 0.25) is 0 Å². The predicted molar refractivity (Wildman–Crippen MR) is 78.4 cm³/mol. The van der Waals surface area contributed by atoms with E-state index in [-0.39, 0.29) is 16.3 Å². The zero-order valence-electron chi connectivity index (χ0n) is 10.8. The van der Waals surface area contributed by atoms with Gasteiger partial charge in [0.1, 0.15) is 5.00 Å². The maximum Gasteiger partial charge on any atom is 0.338 e. The number of carboxylic acid groups (broad SMARTS) is 1. The van der Waals surface area contributed by atoms with Gasteiger partial charge in [0.2, 0.25) is 0 Å². The second-order valence-corrected chi connectivity index (χ2v) is 7.65. The van der Waals surface area contributed by atoms with E-state index in [1.165, 1.54) is 17.4 Å². The molecule has 0 bridgehead atoms. The quantitative estimate of drug-likeness (QED) is 0.881. The van der Waals surface area contributed by atoms with Crippen LogP contribution in [-0.2, 0) is 0 Å². The molecule has 0 spiro atoms. The highest BCUT2D eigenvalue weighted by Gasteiger charge is 2.30. The van der Waals surface area contributed by atoms with Crippen molar-refractivity contribution in [2.75, 3.05) is 24.2 Å². The van der Waals surface area contributed by atoms with E-state index in [1.807, 2.05) is 11.8 Å². The van der Waals surface area contributed by atoms with Crippen LogP contribution in [0, 0.1) is 0 Å². The molecule has 0 radical (unpaired) electrons. The molecule has 2 rings (SSSR count). The van der Waals surface area contributed by atoms with Crippen LogP contribution < -0.4 is 5.32 Å². The van der Waals surface area contributed by atoms with E-state index in [2.05, 4.69) is 19.2 Å². The summed E-state index contributed by atoms with van der Waals surface area (Å²) in [5.41, 5.74) is 0.143. The topological polar surface area (TPSA) is 69.6 Å². The lowest BCUT2D eigenvalue weighted by Gasteiger charge is -2.37. The third-order valence-electron chi connectivity index (χ3n) is 2.83. The molecule has 0 unspecified atom stereocenters.